The van der Waals surface area contributed by atoms with Crippen molar-refractivity contribution in [1.29, 1.82) is 0 Å². The summed E-state index contributed by atoms with van der Waals surface area (Å²) in [6.45, 7) is 6.30. The summed E-state index contributed by atoms with van der Waals surface area (Å²) in [7, 11) is 0. The van der Waals surface area contributed by atoms with Crippen LogP contribution in [0.2, 0.25) is 0 Å². The molecule has 0 aromatic carbocycles. The summed E-state index contributed by atoms with van der Waals surface area (Å²) in [6.07, 6.45) is 5.06. The van der Waals surface area contributed by atoms with Crippen LogP contribution in [0.1, 0.15) is 16.9 Å². The van der Waals surface area contributed by atoms with Gasteiger partial charge in [-0.2, -0.15) is 0 Å². The van der Waals surface area contributed by atoms with E-state index in [9.17, 15) is 9.59 Å². The lowest BCUT2D eigenvalue weighted by Gasteiger charge is -2.35. The van der Waals surface area contributed by atoms with Crippen molar-refractivity contribution in [3.05, 3.63) is 24.3 Å². The largest absolute Gasteiger partial charge is 0.379 e. The standard InChI is InChI=1S/C16H23N5O3/c22-15(1-4-19-9-11-24-12-10-19)20-5-7-21(8-6-20)16(23)14-13-17-2-3-18-14/h2-3,13H,1,4-12H2. The average molecular weight is 333 g/mol. The molecular formula is C16H23N5O3. The first-order chi connectivity index (χ1) is 11.7. The lowest BCUT2D eigenvalue weighted by atomic mass is 10.2. The predicted octanol–water partition coefficient (Wildman–Crippen LogP) is -0.517. The second-order valence-corrected chi connectivity index (χ2v) is 5.97. The fraction of sp³-hybridized carbons (Fsp3) is 0.625. The highest BCUT2D eigenvalue weighted by atomic mass is 16.5. The smallest absolute Gasteiger partial charge is 0.274 e. The number of piperazine rings is 1. The van der Waals surface area contributed by atoms with Crippen molar-refractivity contribution in [2.24, 2.45) is 0 Å². The summed E-state index contributed by atoms with van der Waals surface area (Å²) >= 11 is 0. The zero-order chi connectivity index (χ0) is 16.8. The summed E-state index contributed by atoms with van der Waals surface area (Å²) in [4.78, 5) is 38.4. The molecule has 24 heavy (non-hydrogen) atoms. The lowest BCUT2D eigenvalue weighted by Crippen LogP contribution is -2.51. The third kappa shape index (κ3) is 4.27. The fourth-order valence-corrected chi connectivity index (χ4v) is 2.97. The van der Waals surface area contributed by atoms with Crippen LogP contribution >= 0.6 is 0 Å². The van der Waals surface area contributed by atoms with Gasteiger partial charge in [-0.1, -0.05) is 0 Å². The second-order valence-electron chi connectivity index (χ2n) is 5.97. The molecule has 0 atom stereocenters. The Balaban J connectivity index is 1.42. The van der Waals surface area contributed by atoms with Crippen LogP contribution in [-0.2, 0) is 9.53 Å². The summed E-state index contributed by atoms with van der Waals surface area (Å²) in [5.74, 6) is 0.0385. The van der Waals surface area contributed by atoms with E-state index < -0.39 is 0 Å². The summed E-state index contributed by atoms with van der Waals surface area (Å²) in [5, 5.41) is 0. The van der Waals surface area contributed by atoms with Gasteiger partial charge in [0.15, 0.2) is 0 Å². The van der Waals surface area contributed by atoms with E-state index >= 15 is 0 Å². The van der Waals surface area contributed by atoms with E-state index in [1.807, 2.05) is 4.90 Å². The zero-order valence-electron chi connectivity index (χ0n) is 13.8. The molecule has 2 amide bonds. The average Bonchev–Trinajstić information content (AvgIpc) is 2.67. The maximum atomic E-state index is 12.3. The first kappa shape index (κ1) is 16.8. The van der Waals surface area contributed by atoms with Gasteiger partial charge < -0.3 is 14.5 Å². The van der Waals surface area contributed by atoms with Crippen LogP contribution in [0.4, 0.5) is 0 Å². The number of amides is 2. The van der Waals surface area contributed by atoms with Gasteiger partial charge in [0.05, 0.1) is 19.4 Å². The molecule has 0 spiro atoms. The molecule has 130 valence electrons. The SMILES string of the molecule is O=C(CCN1CCOCC1)N1CCN(C(=O)c2cnccn2)CC1. The van der Waals surface area contributed by atoms with Gasteiger partial charge >= 0.3 is 0 Å². The number of hydrogen-bond acceptors (Lipinski definition) is 6. The Morgan fingerprint density at radius 2 is 1.71 bits per heavy atom. The predicted molar refractivity (Wildman–Crippen MR) is 86.4 cm³/mol. The van der Waals surface area contributed by atoms with Gasteiger partial charge in [0.2, 0.25) is 5.91 Å². The number of ether oxygens (including phenoxy) is 1. The molecule has 3 heterocycles. The molecule has 0 radical (unpaired) electrons. The molecule has 0 N–H and O–H groups in total. The number of hydrogen-bond donors (Lipinski definition) is 0. The molecule has 2 aliphatic heterocycles. The van der Waals surface area contributed by atoms with Crippen LogP contribution in [0.15, 0.2) is 18.6 Å². The Morgan fingerprint density at radius 1 is 1.00 bits per heavy atom. The number of rotatable bonds is 4. The van der Waals surface area contributed by atoms with E-state index in [2.05, 4.69) is 14.9 Å². The molecule has 0 saturated carbocycles. The van der Waals surface area contributed by atoms with Crippen molar-refractivity contribution in [2.45, 2.75) is 6.42 Å². The molecule has 0 aliphatic carbocycles. The molecule has 2 saturated heterocycles. The van der Waals surface area contributed by atoms with E-state index in [0.29, 0.717) is 38.3 Å². The van der Waals surface area contributed by atoms with E-state index in [1.165, 1.54) is 12.4 Å². The minimum absolute atomic E-state index is 0.122. The van der Waals surface area contributed by atoms with Gasteiger partial charge in [0, 0.05) is 64.6 Å². The maximum absolute atomic E-state index is 12.3. The normalized spacial score (nSPS) is 19.3. The zero-order valence-corrected chi connectivity index (χ0v) is 13.8. The molecule has 1 aromatic rings. The Kier molecular flexibility index (Phi) is 5.71. The number of nitrogens with zero attached hydrogens (tertiary/aromatic N) is 5. The molecule has 8 heteroatoms. The topological polar surface area (TPSA) is 78.9 Å². The summed E-state index contributed by atoms with van der Waals surface area (Å²) in [5.41, 5.74) is 0.351. The summed E-state index contributed by atoms with van der Waals surface area (Å²) < 4.78 is 5.31. The minimum Gasteiger partial charge on any atom is -0.379 e. The van der Waals surface area contributed by atoms with Gasteiger partial charge in [-0.05, 0) is 0 Å². The van der Waals surface area contributed by atoms with E-state index in [4.69, 9.17) is 4.74 Å². The van der Waals surface area contributed by atoms with E-state index in [1.54, 1.807) is 11.1 Å². The van der Waals surface area contributed by atoms with Gasteiger partial charge in [-0.3, -0.25) is 19.5 Å². The van der Waals surface area contributed by atoms with Crippen molar-refractivity contribution in [1.82, 2.24) is 24.7 Å². The van der Waals surface area contributed by atoms with Crippen LogP contribution in [0, 0.1) is 0 Å². The van der Waals surface area contributed by atoms with Crippen LogP contribution in [-0.4, -0.2) is 95.5 Å². The van der Waals surface area contributed by atoms with Crippen LogP contribution in [0.3, 0.4) is 0 Å². The van der Waals surface area contributed by atoms with E-state index in [-0.39, 0.29) is 11.8 Å². The lowest BCUT2D eigenvalue weighted by molar-refractivity contribution is -0.133. The molecule has 0 unspecified atom stereocenters. The number of morpholine rings is 1. The first-order valence-electron chi connectivity index (χ1n) is 8.37. The Bertz CT molecular complexity index is 554. The number of carbonyl (C=O) groups excluding carboxylic acids is 2. The van der Waals surface area contributed by atoms with Crippen molar-refractivity contribution >= 4 is 11.8 Å². The maximum Gasteiger partial charge on any atom is 0.274 e. The van der Waals surface area contributed by atoms with Gasteiger partial charge in [-0.15, -0.1) is 0 Å². The van der Waals surface area contributed by atoms with Crippen LogP contribution < -0.4 is 0 Å². The van der Waals surface area contributed by atoms with E-state index in [0.717, 1.165) is 32.8 Å². The molecule has 2 aliphatic rings. The summed E-state index contributed by atoms with van der Waals surface area (Å²) in [6, 6.07) is 0. The first-order valence-corrected chi connectivity index (χ1v) is 8.37. The number of aromatic nitrogens is 2. The minimum atomic E-state index is -0.122. The van der Waals surface area contributed by atoms with Gasteiger partial charge in [0.25, 0.3) is 5.91 Å². The highest BCUT2D eigenvalue weighted by molar-refractivity contribution is 5.92. The van der Waals surface area contributed by atoms with Crippen molar-refractivity contribution in [3.8, 4) is 0 Å². The molecular weight excluding hydrogens is 310 g/mol. The van der Waals surface area contributed by atoms with Crippen molar-refractivity contribution in [2.75, 3.05) is 59.0 Å². The molecule has 0 bridgehead atoms. The quantitative estimate of drug-likeness (QED) is 0.738. The monoisotopic (exact) mass is 333 g/mol. The molecule has 2 fully saturated rings. The highest BCUT2D eigenvalue weighted by Gasteiger charge is 2.25. The molecule has 1 aromatic heterocycles. The Labute approximate surface area is 141 Å². The third-order valence-corrected chi connectivity index (χ3v) is 4.45. The third-order valence-electron chi connectivity index (χ3n) is 4.45. The molecule has 3 rings (SSSR count). The molecule has 8 nitrogen and oxygen atoms in total. The number of carbonyl (C=O) groups is 2. The Hall–Kier alpha value is -2.06. The highest BCUT2D eigenvalue weighted by Crippen LogP contribution is 2.08. The Morgan fingerprint density at radius 3 is 2.38 bits per heavy atom. The van der Waals surface area contributed by atoms with Crippen LogP contribution in [0.25, 0.3) is 0 Å². The van der Waals surface area contributed by atoms with Crippen molar-refractivity contribution < 1.29 is 14.3 Å². The second kappa shape index (κ2) is 8.16. The fourth-order valence-electron chi connectivity index (χ4n) is 2.97. The van der Waals surface area contributed by atoms with Crippen molar-refractivity contribution in [3.63, 3.8) is 0 Å². The van der Waals surface area contributed by atoms with Crippen LogP contribution in [0.5, 0.6) is 0 Å². The van der Waals surface area contributed by atoms with Gasteiger partial charge in [-0.25, -0.2) is 4.98 Å². The van der Waals surface area contributed by atoms with Gasteiger partial charge in [0.1, 0.15) is 5.69 Å².